The molecule has 0 spiro atoms. The van der Waals surface area contributed by atoms with E-state index in [-0.39, 0.29) is 28.6 Å². The molecule has 27 heavy (non-hydrogen) atoms. The lowest BCUT2D eigenvalue weighted by Gasteiger charge is -2.11. The van der Waals surface area contributed by atoms with Gasteiger partial charge in [0, 0.05) is 28.5 Å². The van der Waals surface area contributed by atoms with Crippen molar-refractivity contribution in [3.8, 4) is 0 Å². The van der Waals surface area contributed by atoms with Gasteiger partial charge in [0.1, 0.15) is 5.82 Å². The molecule has 0 unspecified atom stereocenters. The molecular formula is C21H18ClFN2O2. The van der Waals surface area contributed by atoms with Crippen molar-refractivity contribution in [3.05, 3.63) is 98.2 Å². The van der Waals surface area contributed by atoms with Crippen molar-refractivity contribution in [2.24, 2.45) is 0 Å². The number of rotatable bonds is 4. The van der Waals surface area contributed by atoms with E-state index in [1.807, 2.05) is 32.0 Å². The van der Waals surface area contributed by atoms with Crippen molar-refractivity contribution < 1.29 is 9.18 Å². The number of anilines is 1. The first-order valence-corrected chi connectivity index (χ1v) is 8.74. The molecule has 0 aliphatic carbocycles. The molecule has 0 aliphatic heterocycles. The number of amides is 1. The van der Waals surface area contributed by atoms with Gasteiger partial charge in [0.05, 0.1) is 12.1 Å². The van der Waals surface area contributed by atoms with Gasteiger partial charge in [0.25, 0.3) is 11.5 Å². The second-order valence-corrected chi connectivity index (χ2v) is 6.82. The average Bonchev–Trinajstić information content (AvgIpc) is 2.58. The first-order chi connectivity index (χ1) is 12.8. The van der Waals surface area contributed by atoms with Gasteiger partial charge in [-0.15, -0.1) is 0 Å². The SMILES string of the molecule is Cc1cc(C)cc(NC(=O)c2ccc(=O)n(Cc3c(F)cccc3Cl)c2)c1. The molecule has 0 radical (unpaired) electrons. The summed E-state index contributed by atoms with van der Waals surface area (Å²) in [5, 5.41) is 3.05. The Labute approximate surface area is 161 Å². The van der Waals surface area contributed by atoms with Gasteiger partial charge in [-0.1, -0.05) is 23.7 Å². The second kappa shape index (κ2) is 7.76. The Morgan fingerprint density at radius 2 is 1.81 bits per heavy atom. The molecule has 0 saturated heterocycles. The van der Waals surface area contributed by atoms with E-state index < -0.39 is 5.82 Å². The molecule has 0 fully saturated rings. The average molecular weight is 385 g/mol. The molecule has 1 aromatic heterocycles. The van der Waals surface area contributed by atoms with Gasteiger partial charge < -0.3 is 9.88 Å². The highest BCUT2D eigenvalue weighted by Gasteiger charge is 2.12. The van der Waals surface area contributed by atoms with E-state index in [1.54, 1.807) is 6.07 Å². The molecule has 138 valence electrons. The Morgan fingerprint density at radius 1 is 1.11 bits per heavy atom. The molecule has 0 aliphatic rings. The molecule has 3 rings (SSSR count). The zero-order valence-corrected chi connectivity index (χ0v) is 15.7. The first-order valence-electron chi connectivity index (χ1n) is 8.36. The number of halogens is 2. The highest BCUT2D eigenvalue weighted by molar-refractivity contribution is 6.31. The number of nitrogens with one attached hydrogen (secondary N) is 1. The van der Waals surface area contributed by atoms with Gasteiger partial charge in [-0.2, -0.15) is 0 Å². The number of carbonyl (C=O) groups excluding carboxylic acids is 1. The molecule has 0 saturated carbocycles. The van der Waals surface area contributed by atoms with Crippen LogP contribution in [0.1, 0.15) is 27.0 Å². The second-order valence-electron chi connectivity index (χ2n) is 6.41. The largest absolute Gasteiger partial charge is 0.322 e. The zero-order valence-electron chi connectivity index (χ0n) is 14.9. The number of aryl methyl sites for hydroxylation is 2. The van der Waals surface area contributed by atoms with Crippen molar-refractivity contribution in [2.75, 3.05) is 5.32 Å². The van der Waals surface area contributed by atoms with Gasteiger partial charge >= 0.3 is 0 Å². The van der Waals surface area contributed by atoms with E-state index in [0.717, 1.165) is 11.1 Å². The van der Waals surface area contributed by atoms with Crippen LogP contribution in [0.15, 0.2) is 59.5 Å². The quantitative estimate of drug-likeness (QED) is 0.717. The molecule has 2 aromatic carbocycles. The maximum absolute atomic E-state index is 14.0. The van der Waals surface area contributed by atoms with Crippen LogP contribution in [0, 0.1) is 19.7 Å². The summed E-state index contributed by atoms with van der Waals surface area (Å²) < 4.78 is 15.3. The van der Waals surface area contributed by atoms with Crippen LogP contribution in [-0.2, 0) is 6.54 Å². The maximum atomic E-state index is 14.0. The topological polar surface area (TPSA) is 51.1 Å². The lowest BCUT2D eigenvalue weighted by molar-refractivity contribution is 0.102. The summed E-state index contributed by atoms with van der Waals surface area (Å²) in [6.45, 7) is 3.83. The molecule has 4 nitrogen and oxygen atoms in total. The number of aromatic nitrogens is 1. The van der Waals surface area contributed by atoms with Gasteiger partial charge in [0.2, 0.25) is 0 Å². The Bertz CT molecular complexity index is 1040. The number of hydrogen-bond donors (Lipinski definition) is 1. The first kappa shape index (κ1) is 18.9. The van der Waals surface area contributed by atoms with Crippen molar-refractivity contribution in [2.45, 2.75) is 20.4 Å². The molecule has 0 atom stereocenters. The van der Waals surface area contributed by atoms with Crippen molar-refractivity contribution >= 4 is 23.2 Å². The molecule has 3 aromatic rings. The minimum absolute atomic E-state index is 0.0605. The fourth-order valence-corrected chi connectivity index (χ4v) is 3.12. The summed E-state index contributed by atoms with van der Waals surface area (Å²) >= 11 is 6.04. The third-order valence-electron chi connectivity index (χ3n) is 4.12. The fraction of sp³-hybridized carbons (Fsp3) is 0.143. The number of carbonyl (C=O) groups is 1. The van der Waals surface area contributed by atoms with E-state index in [9.17, 15) is 14.0 Å². The summed E-state index contributed by atoms with van der Waals surface area (Å²) in [7, 11) is 0. The summed E-state index contributed by atoms with van der Waals surface area (Å²) in [5.41, 5.74) is 2.88. The number of hydrogen-bond acceptors (Lipinski definition) is 2. The van der Waals surface area contributed by atoms with Crippen LogP contribution < -0.4 is 10.9 Å². The molecule has 1 N–H and O–H groups in total. The maximum Gasteiger partial charge on any atom is 0.257 e. The van der Waals surface area contributed by atoms with Gasteiger partial charge in [-0.3, -0.25) is 9.59 Å². The minimum atomic E-state index is -0.500. The molecule has 1 heterocycles. The van der Waals surface area contributed by atoms with Crippen LogP contribution in [0.3, 0.4) is 0 Å². The molecule has 6 heteroatoms. The van der Waals surface area contributed by atoms with Gasteiger partial charge in [-0.05, 0) is 55.3 Å². The van der Waals surface area contributed by atoms with Crippen molar-refractivity contribution in [3.63, 3.8) is 0 Å². The van der Waals surface area contributed by atoms with E-state index >= 15 is 0 Å². The van der Waals surface area contributed by atoms with Crippen LogP contribution in [-0.4, -0.2) is 10.5 Å². The Morgan fingerprint density at radius 3 is 2.48 bits per heavy atom. The summed E-state index contributed by atoms with van der Waals surface area (Å²) in [6.07, 6.45) is 1.41. The molecular weight excluding hydrogens is 367 g/mol. The highest BCUT2D eigenvalue weighted by Crippen LogP contribution is 2.20. The fourth-order valence-electron chi connectivity index (χ4n) is 2.89. The Kier molecular flexibility index (Phi) is 5.42. The van der Waals surface area contributed by atoms with Gasteiger partial charge in [0.15, 0.2) is 0 Å². The third-order valence-corrected chi connectivity index (χ3v) is 4.47. The van der Waals surface area contributed by atoms with Crippen LogP contribution in [0.2, 0.25) is 5.02 Å². The summed E-state index contributed by atoms with van der Waals surface area (Å²) in [4.78, 5) is 24.7. The third kappa shape index (κ3) is 4.44. The van der Waals surface area contributed by atoms with E-state index in [1.165, 1.54) is 35.0 Å². The standard InChI is InChI=1S/C21H18ClFN2O2/c1-13-8-14(2)10-16(9-13)24-21(27)15-6-7-20(26)25(11-15)12-17-18(22)4-3-5-19(17)23/h3-11H,12H2,1-2H3,(H,24,27). The zero-order chi connectivity index (χ0) is 19.6. The van der Waals surface area contributed by atoms with Crippen LogP contribution in [0.25, 0.3) is 0 Å². The predicted molar refractivity (Wildman–Crippen MR) is 105 cm³/mol. The molecule has 0 bridgehead atoms. The van der Waals surface area contributed by atoms with Gasteiger partial charge in [-0.25, -0.2) is 4.39 Å². The lowest BCUT2D eigenvalue weighted by Crippen LogP contribution is -2.23. The van der Waals surface area contributed by atoms with Crippen LogP contribution >= 0.6 is 11.6 Å². The lowest BCUT2D eigenvalue weighted by atomic mass is 10.1. The molecule has 1 amide bonds. The predicted octanol–water partition coefficient (Wildman–Crippen LogP) is 4.56. The van der Waals surface area contributed by atoms with E-state index in [2.05, 4.69) is 5.32 Å². The monoisotopic (exact) mass is 384 g/mol. The van der Waals surface area contributed by atoms with Crippen LogP contribution in [0.5, 0.6) is 0 Å². The highest BCUT2D eigenvalue weighted by atomic mass is 35.5. The number of pyridine rings is 1. The van der Waals surface area contributed by atoms with Crippen LogP contribution in [0.4, 0.5) is 10.1 Å². The normalized spacial score (nSPS) is 10.7. The Hall–Kier alpha value is -2.92. The van der Waals surface area contributed by atoms with Crippen molar-refractivity contribution in [1.29, 1.82) is 0 Å². The smallest absolute Gasteiger partial charge is 0.257 e. The van der Waals surface area contributed by atoms with E-state index in [4.69, 9.17) is 11.6 Å². The minimum Gasteiger partial charge on any atom is -0.322 e. The number of benzene rings is 2. The van der Waals surface area contributed by atoms with E-state index in [0.29, 0.717) is 11.3 Å². The number of nitrogens with zero attached hydrogens (tertiary/aromatic N) is 1. The summed E-state index contributed by atoms with van der Waals surface area (Å²) in [5.74, 6) is -0.854. The summed E-state index contributed by atoms with van der Waals surface area (Å²) in [6, 6.07) is 12.8. The Balaban J connectivity index is 1.88. The van der Waals surface area contributed by atoms with Crippen molar-refractivity contribution in [1.82, 2.24) is 4.57 Å².